The lowest BCUT2D eigenvalue weighted by molar-refractivity contribution is 0.0687. The lowest BCUT2D eigenvalue weighted by Gasteiger charge is -2.10. The van der Waals surface area contributed by atoms with Crippen LogP contribution in [0.2, 0.25) is 0 Å². The summed E-state index contributed by atoms with van der Waals surface area (Å²) in [5, 5.41) is 20.4. The van der Waals surface area contributed by atoms with E-state index in [0.717, 1.165) is 27.6 Å². The van der Waals surface area contributed by atoms with Gasteiger partial charge in [-0.05, 0) is 66.4 Å². The SMILES string of the molecule is CCOc1ccc(-c2c(C(=O)O)n(Cc3ccc(F)cc3)c3ccc(CCO)cc23)cc1. The first-order valence-electron chi connectivity index (χ1n) is 10.5. The topological polar surface area (TPSA) is 71.7 Å². The maximum atomic E-state index is 13.4. The van der Waals surface area contributed by atoms with Crippen molar-refractivity contribution in [1.29, 1.82) is 0 Å². The summed E-state index contributed by atoms with van der Waals surface area (Å²) in [7, 11) is 0. The minimum Gasteiger partial charge on any atom is -0.494 e. The van der Waals surface area contributed by atoms with Gasteiger partial charge in [0.1, 0.15) is 17.3 Å². The number of nitrogens with zero attached hydrogens (tertiary/aromatic N) is 1. The van der Waals surface area contributed by atoms with Crippen LogP contribution in [-0.4, -0.2) is 34.0 Å². The van der Waals surface area contributed by atoms with E-state index >= 15 is 0 Å². The predicted molar refractivity (Wildman–Crippen MR) is 122 cm³/mol. The second-order valence-corrected chi connectivity index (χ2v) is 7.52. The van der Waals surface area contributed by atoms with E-state index < -0.39 is 5.97 Å². The van der Waals surface area contributed by atoms with Gasteiger partial charge >= 0.3 is 5.97 Å². The molecule has 0 saturated heterocycles. The van der Waals surface area contributed by atoms with Crippen LogP contribution in [0.15, 0.2) is 66.7 Å². The van der Waals surface area contributed by atoms with Crippen LogP contribution in [0.5, 0.6) is 5.75 Å². The van der Waals surface area contributed by atoms with Gasteiger partial charge in [-0.1, -0.05) is 30.3 Å². The Morgan fingerprint density at radius 1 is 1.00 bits per heavy atom. The maximum absolute atomic E-state index is 13.4. The second kappa shape index (κ2) is 9.24. The number of halogens is 1. The molecule has 0 aliphatic rings. The van der Waals surface area contributed by atoms with Crippen LogP contribution in [-0.2, 0) is 13.0 Å². The molecule has 5 nitrogen and oxygen atoms in total. The van der Waals surface area contributed by atoms with E-state index in [1.54, 1.807) is 16.7 Å². The molecule has 1 aromatic heterocycles. The molecule has 2 N–H and O–H groups in total. The minimum atomic E-state index is -1.05. The Bertz CT molecular complexity index is 1240. The largest absolute Gasteiger partial charge is 0.494 e. The number of benzene rings is 3. The fourth-order valence-corrected chi connectivity index (χ4v) is 4.02. The van der Waals surface area contributed by atoms with Gasteiger partial charge < -0.3 is 19.5 Å². The number of aromatic nitrogens is 1. The zero-order chi connectivity index (χ0) is 22.7. The zero-order valence-corrected chi connectivity index (χ0v) is 17.7. The van der Waals surface area contributed by atoms with Crippen LogP contribution in [0.4, 0.5) is 4.39 Å². The normalized spacial score (nSPS) is 11.1. The van der Waals surface area contributed by atoms with E-state index in [9.17, 15) is 19.4 Å². The van der Waals surface area contributed by atoms with E-state index in [1.165, 1.54) is 12.1 Å². The third kappa shape index (κ3) is 4.22. The number of carboxylic acid groups (broad SMARTS) is 1. The number of aliphatic hydroxyl groups excluding tert-OH is 1. The molecule has 32 heavy (non-hydrogen) atoms. The van der Waals surface area contributed by atoms with Gasteiger partial charge in [-0.2, -0.15) is 0 Å². The van der Waals surface area contributed by atoms with E-state index in [4.69, 9.17) is 4.74 Å². The Balaban J connectivity index is 1.95. The van der Waals surface area contributed by atoms with Crippen LogP contribution in [0.3, 0.4) is 0 Å². The minimum absolute atomic E-state index is 0.00592. The molecule has 0 bridgehead atoms. The first-order valence-corrected chi connectivity index (χ1v) is 10.5. The second-order valence-electron chi connectivity index (χ2n) is 7.52. The van der Waals surface area contributed by atoms with E-state index in [2.05, 4.69) is 0 Å². The monoisotopic (exact) mass is 433 g/mol. The number of rotatable bonds is 8. The molecule has 1 heterocycles. The van der Waals surface area contributed by atoms with E-state index in [0.29, 0.717) is 24.3 Å². The number of fused-ring (bicyclic) bond motifs is 1. The van der Waals surface area contributed by atoms with Gasteiger partial charge in [-0.25, -0.2) is 9.18 Å². The van der Waals surface area contributed by atoms with Gasteiger partial charge in [0.2, 0.25) is 0 Å². The van der Waals surface area contributed by atoms with Crippen LogP contribution in [0.25, 0.3) is 22.0 Å². The van der Waals surface area contributed by atoms with Gasteiger partial charge in [-0.15, -0.1) is 0 Å². The quantitative estimate of drug-likeness (QED) is 0.404. The molecule has 0 spiro atoms. The molecule has 0 aliphatic heterocycles. The van der Waals surface area contributed by atoms with Gasteiger partial charge in [0.05, 0.1) is 6.61 Å². The number of ether oxygens (including phenoxy) is 1. The Morgan fingerprint density at radius 3 is 2.31 bits per heavy atom. The van der Waals surface area contributed by atoms with Gasteiger partial charge in [0.25, 0.3) is 0 Å². The van der Waals surface area contributed by atoms with Crippen molar-refractivity contribution in [1.82, 2.24) is 4.57 Å². The van der Waals surface area contributed by atoms with Crippen LogP contribution >= 0.6 is 0 Å². The van der Waals surface area contributed by atoms with Crippen molar-refractivity contribution in [3.05, 3.63) is 89.4 Å². The molecule has 164 valence electrons. The highest BCUT2D eigenvalue weighted by Crippen LogP contribution is 2.37. The average Bonchev–Trinajstić information content (AvgIpc) is 3.10. The number of hydrogen-bond donors (Lipinski definition) is 2. The van der Waals surface area contributed by atoms with Gasteiger partial charge in [-0.3, -0.25) is 0 Å². The first kappa shape index (κ1) is 21.6. The summed E-state index contributed by atoms with van der Waals surface area (Å²) >= 11 is 0. The highest BCUT2D eigenvalue weighted by molar-refractivity contribution is 6.08. The molecule has 0 saturated carbocycles. The molecule has 0 atom stereocenters. The molecule has 0 unspecified atom stereocenters. The molecular formula is C26H24FNO4. The Hall–Kier alpha value is -3.64. The summed E-state index contributed by atoms with van der Waals surface area (Å²) in [5.41, 5.74) is 4.01. The third-order valence-electron chi connectivity index (χ3n) is 5.44. The van der Waals surface area contributed by atoms with Crippen molar-refractivity contribution in [2.45, 2.75) is 19.9 Å². The summed E-state index contributed by atoms with van der Waals surface area (Å²) in [6.45, 7) is 2.74. The fraction of sp³-hybridized carbons (Fsp3) is 0.192. The molecule has 6 heteroatoms. The molecule has 0 radical (unpaired) electrons. The summed E-state index contributed by atoms with van der Waals surface area (Å²) in [4.78, 5) is 12.5. The summed E-state index contributed by atoms with van der Waals surface area (Å²) < 4.78 is 20.7. The predicted octanol–water partition coefficient (Wildman–Crippen LogP) is 5.13. The summed E-state index contributed by atoms with van der Waals surface area (Å²) in [6.07, 6.45) is 0.476. The molecule has 0 amide bonds. The molecule has 0 aliphatic carbocycles. The maximum Gasteiger partial charge on any atom is 0.353 e. The number of hydrogen-bond acceptors (Lipinski definition) is 3. The highest BCUT2D eigenvalue weighted by Gasteiger charge is 2.24. The number of aromatic carboxylic acids is 1. The van der Waals surface area contributed by atoms with Crippen molar-refractivity contribution in [3.8, 4) is 16.9 Å². The summed E-state index contributed by atoms with van der Waals surface area (Å²) in [6, 6.07) is 19.1. The lowest BCUT2D eigenvalue weighted by Crippen LogP contribution is -2.10. The molecular weight excluding hydrogens is 409 g/mol. The lowest BCUT2D eigenvalue weighted by atomic mass is 9.99. The number of carbonyl (C=O) groups is 1. The summed E-state index contributed by atoms with van der Waals surface area (Å²) in [5.74, 6) is -0.673. The standard InChI is InChI=1S/C26H24FNO4/c1-2-32-21-10-6-19(7-11-21)24-22-15-17(13-14-29)5-12-23(22)28(25(24)26(30)31)16-18-3-8-20(27)9-4-18/h3-12,15,29H,2,13-14,16H2,1H3,(H,30,31). The van der Waals surface area contributed by atoms with Crippen molar-refractivity contribution >= 4 is 16.9 Å². The van der Waals surface area contributed by atoms with Crippen molar-refractivity contribution in [2.75, 3.05) is 13.2 Å². The molecule has 4 rings (SSSR count). The number of aliphatic hydroxyl groups is 1. The Labute approximate surface area is 185 Å². The van der Waals surface area contributed by atoms with Crippen LogP contribution in [0, 0.1) is 5.82 Å². The van der Waals surface area contributed by atoms with Gasteiger partial charge in [0, 0.05) is 29.6 Å². The Morgan fingerprint density at radius 2 is 1.69 bits per heavy atom. The van der Waals surface area contributed by atoms with E-state index in [1.807, 2.05) is 49.4 Å². The number of carboxylic acids is 1. The molecule has 4 aromatic rings. The van der Waals surface area contributed by atoms with Crippen molar-refractivity contribution in [3.63, 3.8) is 0 Å². The third-order valence-corrected chi connectivity index (χ3v) is 5.44. The van der Waals surface area contributed by atoms with Crippen LogP contribution < -0.4 is 4.74 Å². The van der Waals surface area contributed by atoms with Crippen LogP contribution in [0.1, 0.15) is 28.5 Å². The molecule has 3 aromatic carbocycles. The molecule has 0 fully saturated rings. The zero-order valence-electron chi connectivity index (χ0n) is 17.7. The smallest absolute Gasteiger partial charge is 0.353 e. The van der Waals surface area contributed by atoms with Crippen molar-refractivity contribution < 1.29 is 24.1 Å². The van der Waals surface area contributed by atoms with E-state index in [-0.39, 0.29) is 24.7 Å². The first-order chi connectivity index (χ1) is 15.5. The van der Waals surface area contributed by atoms with Crippen molar-refractivity contribution in [2.24, 2.45) is 0 Å². The fourth-order valence-electron chi connectivity index (χ4n) is 4.02. The highest BCUT2D eigenvalue weighted by atomic mass is 19.1. The van der Waals surface area contributed by atoms with Gasteiger partial charge in [0.15, 0.2) is 0 Å². The Kier molecular flexibility index (Phi) is 6.23. The average molecular weight is 433 g/mol.